The summed E-state index contributed by atoms with van der Waals surface area (Å²) in [6.07, 6.45) is 21.8. The third kappa shape index (κ3) is 12.3. The third-order valence-corrected chi connectivity index (χ3v) is 7.12. The fourth-order valence-electron chi connectivity index (χ4n) is 4.44. The molecule has 1 unspecified atom stereocenters. The Bertz CT molecular complexity index is 952. The van der Waals surface area contributed by atoms with E-state index in [2.05, 4.69) is 73.8 Å². The Morgan fingerprint density at radius 3 is 2.53 bits per heavy atom. The van der Waals surface area contributed by atoms with Crippen molar-refractivity contribution in [3.63, 3.8) is 0 Å². The molecule has 38 heavy (non-hydrogen) atoms. The Kier molecular flexibility index (Phi) is 15.7. The summed E-state index contributed by atoms with van der Waals surface area (Å²) >= 11 is 0. The van der Waals surface area contributed by atoms with E-state index in [4.69, 9.17) is 4.74 Å². The second kappa shape index (κ2) is 17.8. The Balaban J connectivity index is 0.00000722. The van der Waals surface area contributed by atoms with E-state index in [1.165, 1.54) is 20.0 Å². The van der Waals surface area contributed by atoms with Gasteiger partial charge in [-0.1, -0.05) is 102 Å². The maximum atomic E-state index is 11.1. The molecule has 210 valence electrons. The second-order valence-corrected chi connectivity index (χ2v) is 10.7. The number of ether oxygens (including phenoxy) is 2. The summed E-state index contributed by atoms with van der Waals surface area (Å²) in [5.74, 6) is 6.03. The quantitative estimate of drug-likeness (QED) is 0.110. The van der Waals surface area contributed by atoms with Crippen molar-refractivity contribution in [3.05, 3.63) is 65.8 Å². The molecule has 1 fully saturated rings. The second-order valence-electron chi connectivity index (χ2n) is 10.7. The molecule has 0 heterocycles. The lowest BCUT2D eigenvalue weighted by atomic mass is 9.63. The zero-order valence-electron chi connectivity index (χ0n) is 23.3. The molecule has 0 amide bonds. The first-order valence-electron chi connectivity index (χ1n) is 13.7. The average Bonchev–Trinajstić information content (AvgIpc) is 2.86. The molecule has 0 bridgehead atoms. The first-order chi connectivity index (χ1) is 17.8. The van der Waals surface area contributed by atoms with Crippen LogP contribution in [-0.2, 0) is 20.9 Å². The number of unbranched alkanes of at least 4 members (excludes halogenated alkanes) is 2. The van der Waals surface area contributed by atoms with Crippen molar-refractivity contribution in [1.29, 1.82) is 0 Å². The maximum absolute atomic E-state index is 11.1. The first-order valence-corrected chi connectivity index (χ1v) is 13.7. The fourth-order valence-corrected chi connectivity index (χ4v) is 4.44. The number of benzene rings is 1. The molecule has 1 aliphatic carbocycles. The minimum Gasteiger partial charge on any atom is -0.467 e. The first kappa shape index (κ1) is 33.4. The van der Waals surface area contributed by atoms with Crippen LogP contribution >= 0.6 is 0 Å². The van der Waals surface area contributed by atoms with Gasteiger partial charge in [-0.2, -0.15) is 0 Å². The topological polar surface area (TPSA) is 55.8 Å². The van der Waals surface area contributed by atoms with Crippen molar-refractivity contribution < 1.29 is 19.4 Å². The number of carbonyl (C=O) groups excluding carboxylic acids is 1. The monoisotopic (exact) mass is 522 g/mol. The van der Waals surface area contributed by atoms with Gasteiger partial charge in [0.05, 0.1) is 19.8 Å². The normalized spacial score (nSPS) is 15.6. The molecule has 1 aromatic carbocycles. The van der Waals surface area contributed by atoms with Crippen LogP contribution in [0.4, 0.5) is 0 Å². The lowest BCUT2D eigenvalue weighted by Crippen LogP contribution is -2.40. The van der Waals surface area contributed by atoms with Gasteiger partial charge in [0.15, 0.2) is 0 Å². The summed E-state index contributed by atoms with van der Waals surface area (Å²) in [5, 5.41) is 10.7. The molecule has 0 spiro atoms. The van der Waals surface area contributed by atoms with Crippen molar-refractivity contribution in [1.82, 2.24) is 0 Å². The maximum Gasteiger partial charge on any atom is 0.331 e. The van der Waals surface area contributed by atoms with Crippen LogP contribution in [0.25, 0.3) is 6.08 Å². The predicted molar refractivity (Wildman–Crippen MR) is 159 cm³/mol. The highest BCUT2D eigenvalue weighted by Gasteiger charge is 2.41. The number of rotatable bonds is 15. The molecule has 0 aromatic heterocycles. The highest BCUT2D eigenvalue weighted by Crippen LogP contribution is 2.47. The smallest absolute Gasteiger partial charge is 0.331 e. The highest BCUT2D eigenvalue weighted by molar-refractivity contribution is 5.70. The van der Waals surface area contributed by atoms with E-state index in [-0.39, 0.29) is 30.8 Å². The number of aliphatic hydroxyl groups excluding tert-OH is 1. The Labute approximate surface area is 232 Å². The van der Waals surface area contributed by atoms with E-state index in [1.807, 2.05) is 24.3 Å². The van der Waals surface area contributed by atoms with Gasteiger partial charge in [-0.25, -0.2) is 4.79 Å². The van der Waals surface area contributed by atoms with Crippen LogP contribution in [-0.4, -0.2) is 30.9 Å². The van der Waals surface area contributed by atoms with Gasteiger partial charge in [0.25, 0.3) is 0 Å². The zero-order chi connectivity index (χ0) is 27.0. The van der Waals surface area contributed by atoms with Gasteiger partial charge in [0.1, 0.15) is 6.61 Å². The van der Waals surface area contributed by atoms with Crippen molar-refractivity contribution in [2.45, 2.75) is 98.7 Å². The molecule has 1 aliphatic rings. The van der Waals surface area contributed by atoms with E-state index in [1.54, 1.807) is 0 Å². The molecule has 1 saturated carbocycles. The largest absolute Gasteiger partial charge is 0.467 e. The minimum atomic E-state index is -0.414. The molecular formula is C34H50O4. The number of aliphatic hydroxyl groups is 1. The summed E-state index contributed by atoms with van der Waals surface area (Å²) in [6, 6.07) is 8.17. The van der Waals surface area contributed by atoms with Gasteiger partial charge in [-0.15, -0.1) is 11.8 Å². The molecule has 4 heteroatoms. The minimum absolute atomic E-state index is 0. The molecule has 1 N–H and O–H groups in total. The summed E-state index contributed by atoms with van der Waals surface area (Å²) in [7, 11) is 1.35. The van der Waals surface area contributed by atoms with E-state index in [0.717, 1.165) is 56.1 Å². The number of allylic oxidation sites excluding steroid dienone is 4. The Morgan fingerprint density at radius 2 is 1.89 bits per heavy atom. The molecule has 4 nitrogen and oxygen atoms in total. The van der Waals surface area contributed by atoms with Gasteiger partial charge in [-0.3, -0.25) is 0 Å². The number of carbonyl (C=O) groups is 1. The summed E-state index contributed by atoms with van der Waals surface area (Å²) in [4.78, 5) is 11.1. The number of hydrogen-bond acceptors (Lipinski definition) is 4. The molecule has 0 aliphatic heterocycles. The van der Waals surface area contributed by atoms with E-state index < -0.39 is 6.10 Å². The summed E-state index contributed by atoms with van der Waals surface area (Å²) in [5.41, 5.74) is 2.29. The Hall–Kier alpha value is -2.61. The van der Waals surface area contributed by atoms with Crippen LogP contribution in [0.2, 0.25) is 0 Å². The van der Waals surface area contributed by atoms with Crippen LogP contribution in [0.15, 0.2) is 54.6 Å². The summed E-state index contributed by atoms with van der Waals surface area (Å²) in [6.45, 7) is 6.98. The number of hydrogen-bond donors (Lipinski definition) is 1. The lowest BCUT2D eigenvalue weighted by molar-refractivity contribution is -0.146. The van der Waals surface area contributed by atoms with Crippen LogP contribution in [0.3, 0.4) is 0 Å². The van der Waals surface area contributed by atoms with E-state index >= 15 is 0 Å². The van der Waals surface area contributed by atoms with Gasteiger partial charge in [0, 0.05) is 18.3 Å². The van der Waals surface area contributed by atoms with Crippen LogP contribution in [0.5, 0.6) is 0 Å². The van der Waals surface area contributed by atoms with Crippen LogP contribution in [0.1, 0.15) is 97.1 Å². The van der Waals surface area contributed by atoms with Gasteiger partial charge >= 0.3 is 5.97 Å². The van der Waals surface area contributed by atoms with Crippen molar-refractivity contribution in [2.75, 3.05) is 13.7 Å². The van der Waals surface area contributed by atoms with Gasteiger partial charge in [0.2, 0.25) is 0 Å². The van der Waals surface area contributed by atoms with Crippen molar-refractivity contribution in [3.8, 4) is 11.8 Å². The zero-order valence-corrected chi connectivity index (χ0v) is 23.3. The molecule has 0 saturated heterocycles. The summed E-state index contributed by atoms with van der Waals surface area (Å²) < 4.78 is 9.89. The van der Waals surface area contributed by atoms with Crippen molar-refractivity contribution in [2.24, 2.45) is 10.8 Å². The third-order valence-electron chi connectivity index (χ3n) is 7.12. The predicted octanol–water partition coefficient (Wildman–Crippen LogP) is 8.06. The molecule has 2 rings (SSSR count). The van der Waals surface area contributed by atoms with Crippen LogP contribution in [0, 0.1) is 22.7 Å². The van der Waals surface area contributed by atoms with E-state index in [9.17, 15) is 9.90 Å². The Morgan fingerprint density at radius 1 is 1.16 bits per heavy atom. The average molecular weight is 523 g/mol. The molecular weight excluding hydrogens is 472 g/mol. The lowest BCUT2D eigenvalue weighted by Gasteiger charge is -2.43. The standard InChI is InChI=1S/C33H46O4.CH4/c1-5-6-11-23-33(24-14-25-33)30(34)16-10-13-22-32(2,3)21-12-8-7-9-15-28-17-19-29(20-18-28)26-37-27-31(35)36-4;/h9-10,13,15-20,22,30,34H,5,7-8,12,14,21,23-27H2,1-4H3;1H4/b15-9-,16-10+,22-13+;. The molecule has 0 radical (unpaired) electrons. The van der Waals surface area contributed by atoms with Crippen LogP contribution < -0.4 is 0 Å². The number of esters is 1. The van der Waals surface area contributed by atoms with Gasteiger partial charge < -0.3 is 14.6 Å². The van der Waals surface area contributed by atoms with Gasteiger partial charge in [-0.05, 0) is 48.6 Å². The van der Waals surface area contributed by atoms with E-state index in [0.29, 0.717) is 6.61 Å². The molecule has 1 aromatic rings. The number of methoxy groups -OCH3 is 1. The molecule has 1 atom stereocenters. The van der Waals surface area contributed by atoms with Crippen molar-refractivity contribution >= 4 is 12.0 Å². The highest BCUT2D eigenvalue weighted by atomic mass is 16.6. The SMILES string of the molecule is C.CCC#CCC1(C(O)/C=C/C=C/C(C)(C)CCCC/C=C\c2ccc(COCC(=O)OC)cc2)CCC1. The fraction of sp³-hybridized carbons (Fsp3) is 0.559.